The summed E-state index contributed by atoms with van der Waals surface area (Å²) in [4.78, 5) is 0. The van der Waals surface area contributed by atoms with Crippen molar-refractivity contribution >= 4 is 23.1 Å². The van der Waals surface area contributed by atoms with Crippen molar-refractivity contribution in [3.63, 3.8) is 0 Å². The van der Waals surface area contributed by atoms with Gasteiger partial charge in [-0.15, -0.1) is 0 Å². The largest absolute Gasteiger partial charge is 2.00 e. The Morgan fingerprint density at radius 3 is 1.29 bits per heavy atom. The normalized spacial score (nSPS) is 13.0. The molecule has 0 aliphatic rings. The standard InChI is InChI=1S/C22H45.BrH.Mg/c1-5-6-7-8-9-10-11-12-13-14-15-16-17-18-19-22(4)20-21(2)3;;/h21-22H,2,5-20H2,1,3-4H3;1H;/q-1;;+2/p-1/t21-,22-;;/m0../s1. The van der Waals surface area contributed by atoms with Crippen LogP contribution in [-0.4, -0.2) is 23.1 Å². The Morgan fingerprint density at radius 2 is 0.958 bits per heavy atom. The van der Waals surface area contributed by atoms with Crippen LogP contribution in [0.4, 0.5) is 0 Å². The Labute approximate surface area is 181 Å². The molecular weight excluding hydrogens is 368 g/mol. The van der Waals surface area contributed by atoms with Gasteiger partial charge in [0.2, 0.25) is 0 Å². The maximum Gasteiger partial charge on any atom is 2.00 e. The van der Waals surface area contributed by atoms with Crippen molar-refractivity contribution in [3.8, 4) is 0 Å². The Bertz CT molecular complexity index is 206. The third-order valence-corrected chi connectivity index (χ3v) is 4.86. The van der Waals surface area contributed by atoms with Gasteiger partial charge in [0.05, 0.1) is 0 Å². The summed E-state index contributed by atoms with van der Waals surface area (Å²) < 4.78 is 0. The molecule has 0 saturated heterocycles. The van der Waals surface area contributed by atoms with E-state index >= 15 is 0 Å². The second-order valence-corrected chi connectivity index (χ2v) is 7.83. The summed E-state index contributed by atoms with van der Waals surface area (Å²) in [5.74, 6) is 1.51. The van der Waals surface area contributed by atoms with Gasteiger partial charge in [0, 0.05) is 0 Å². The van der Waals surface area contributed by atoms with Crippen LogP contribution in [-0.2, 0) is 0 Å². The van der Waals surface area contributed by atoms with E-state index in [1.165, 1.54) is 103 Å². The molecule has 0 nitrogen and oxygen atoms in total. The number of rotatable bonds is 17. The van der Waals surface area contributed by atoms with E-state index in [9.17, 15) is 0 Å². The van der Waals surface area contributed by atoms with E-state index in [0.29, 0.717) is 5.92 Å². The topological polar surface area (TPSA) is 0 Å². The first-order valence-electron chi connectivity index (χ1n) is 10.5. The van der Waals surface area contributed by atoms with Crippen LogP contribution in [0.1, 0.15) is 124 Å². The predicted molar refractivity (Wildman–Crippen MR) is 109 cm³/mol. The van der Waals surface area contributed by atoms with Crippen LogP contribution in [0.3, 0.4) is 0 Å². The first kappa shape index (κ1) is 30.0. The summed E-state index contributed by atoms with van der Waals surface area (Å²) in [5, 5.41) is 0. The summed E-state index contributed by atoms with van der Waals surface area (Å²) in [6.07, 6.45) is 23.1. The molecule has 0 saturated carbocycles. The molecule has 0 aliphatic heterocycles. The van der Waals surface area contributed by atoms with Crippen molar-refractivity contribution in [2.75, 3.05) is 0 Å². The van der Waals surface area contributed by atoms with E-state index in [-0.39, 0.29) is 40.0 Å². The summed E-state index contributed by atoms with van der Waals surface area (Å²) in [6.45, 7) is 11.0. The third kappa shape index (κ3) is 25.5. The van der Waals surface area contributed by atoms with Gasteiger partial charge in [-0.05, 0) is 5.92 Å². The molecule has 0 spiro atoms. The fourth-order valence-corrected chi connectivity index (χ4v) is 3.49. The van der Waals surface area contributed by atoms with E-state index in [1.807, 2.05) is 0 Å². The molecule has 24 heavy (non-hydrogen) atoms. The molecule has 142 valence electrons. The van der Waals surface area contributed by atoms with Gasteiger partial charge in [-0.3, -0.25) is 0 Å². The molecule has 0 aromatic carbocycles. The number of hydrogen-bond donors (Lipinski definition) is 0. The third-order valence-electron chi connectivity index (χ3n) is 4.86. The molecule has 0 radical (unpaired) electrons. The minimum Gasteiger partial charge on any atom is -1.00 e. The molecule has 2 atom stereocenters. The van der Waals surface area contributed by atoms with Gasteiger partial charge >= 0.3 is 23.1 Å². The van der Waals surface area contributed by atoms with Crippen LogP contribution in [0.5, 0.6) is 0 Å². The Morgan fingerprint density at radius 1 is 0.625 bits per heavy atom. The molecule has 0 heterocycles. The van der Waals surface area contributed by atoms with Gasteiger partial charge < -0.3 is 23.9 Å². The zero-order chi connectivity index (χ0) is 16.5. The predicted octanol–water partition coefficient (Wildman–Crippen LogP) is 4.98. The van der Waals surface area contributed by atoms with Gasteiger partial charge in [0.25, 0.3) is 0 Å². The summed E-state index contributed by atoms with van der Waals surface area (Å²) in [7, 11) is 0. The second kappa shape index (κ2) is 24.2. The van der Waals surface area contributed by atoms with Crippen molar-refractivity contribution in [2.24, 2.45) is 11.8 Å². The summed E-state index contributed by atoms with van der Waals surface area (Å²) >= 11 is 0. The van der Waals surface area contributed by atoms with E-state index < -0.39 is 0 Å². The van der Waals surface area contributed by atoms with Gasteiger partial charge in [-0.1, -0.05) is 124 Å². The van der Waals surface area contributed by atoms with E-state index in [4.69, 9.17) is 0 Å². The van der Waals surface area contributed by atoms with Gasteiger partial charge in [0.15, 0.2) is 0 Å². The van der Waals surface area contributed by atoms with Crippen LogP contribution in [0.2, 0.25) is 0 Å². The molecule has 0 aromatic heterocycles. The molecular formula is C22H45BrMg. The molecule has 0 amide bonds. The quantitative estimate of drug-likeness (QED) is 0.179. The molecule has 0 rings (SSSR count). The van der Waals surface area contributed by atoms with E-state index in [1.54, 1.807) is 0 Å². The molecule has 0 aliphatic carbocycles. The van der Waals surface area contributed by atoms with Crippen LogP contribution >= 0.6 is 0 Å². The summed E-state index contributed by atoms with van der Waals surface area (Å²) in [6, 6.07) is 0. The average molecular weight is 414 g/mol. The number of unbranched alkanes of at least 4 members (excludes halogenated alkanes) is 13. The zero-order valence-corrected chi connectivity index (χ0v) is 20.3. The molecule has 0 aromatic rings. The van der Waals surface area contributed by atoms with Gasteiger partial charge in [0.1, 0.15) is 0 Å². The molecule has 0 fully saturated rings. The minimum absolute atomic E-state index is 0. The molecule has 0 bridgehead atoms. The Hall–Kier alpha value is 1.25. The van der Waals surface area contributed by atoms with Crippen molar-refractivity contribution in [1.82, 2.24) is 0 Å². The van der Waals surface area contributed by atoms with Crippen LogP contribution in [0.15, 0.2) is 0 Å². The average Bonchev–Trinajstić information content (AvgIpc) is 2.47. The second-order valence-electron chi connectivity index (χ2n) is 7.83. The maximum absolute atomic E-state index is 4.10. The van der Waals surface area contributed by atoms with Crippen molar-refractivity contribution in [1.29, 1.82) is 0 Å². The maximum atomic E-state index is 4.10. The molecule has 0 unspecified atom stereocenters. The fourth-order valence-electron chi connectivity index (χ4n) is 3.49. The Balaban J connectivity index is -0.00000220. The van der Waals surface area contributed by atoms with Gasteiger partial charge in [-0.2, -0.15) is 5.92 Å². The van der Waals surface area contributed by atoms with Gasteiger partial charge in [-0.25, -0.2) is 0 Å². The van der Waals surface area contributed by atoms with Crippen LogP contribution in [0, 0.1) is 18.8 Å². The number of halogens is 1. The first-order valence-corrected chi connectivity index (χ1v) is 10.5. The van der Waals surface area contributed by atoms with Crippen LogP contribution in [0.25, 0.3) is 0 Å². The molecule has 0 N–H and O–H groups in total. The smallest absolute Gasteiger partial charge is 1.00 e. The van der Waals surface area contributed by atoms with Crippen molar-refractivity contribution < 1.29 is 17.0 Å². The first-order chi connectivity index (χ1) is 10.7. The zero-order valence-electron chi connectivity index (χ0n) is 17.3. The SMILES string of the molecule is [Br-].[CH2-][C@@H](C)C[C@@H](C)CCCCCCCCCCCCCCCC.[Mg+2]. The monoisotopic (exact) mass is 412 g/mol. The van der Waals surface area contributed by atoms with Crippen molar-refractivity contribution in [3.05, 3.63) is 6.92 Å². The van der Waals surface area contributed by atoms with E-state index in [0.717, 1.165) is 5.92 Å². The van der Waals surface area contributed by atoms with E-state index in [2.05, 4.69) is 27.7 Å². The van der Waals surface area contributed by atoms with Crippen molar-refractivity contribution in [2.45, 2.75) is 124 Å². The fraction of sp³-hybridized carbons (Fsp3) is 0.955. The summed E-state index contributed by atoms with van der Waals surface area (Å²) in [5.41, 5.74) is 0. The van der Waals surface area contributed by atoms with Crippen LogP contribution < -0.4 is 17.0 Å². The number of hydrogen-bond acceptors (Lipinski definition) is 0. The minimum atomic E-state index is 0. The molecule has 2 heteroatoms. The Kier molecular flexibility index (Phi) is 30.3.